The molecule has 0 saturated heterocycles. The van der Waals surface area contributed by atoms with Crippen molar-refractivity contribution in [3.05, 3.63) is 89.5 Å². The molecule has 0 fully saturated rings. The van der Waals surface area contributed by atoms with E-state index in [0.29, 0.717) is 0 Å². The third kappa shape index (κ3) is 2.84. The molecule has 0 aliphatic rings. The van der Waals surface area contributed by atoms with Crippen molar-refractivity contribution in [1.29, 1.82) is 0 Å². The van der Waals surface area contributed by atoms with E-state index in [2.05, 4.69) is 54.0 Å². The number of aromatic nitrogens is 1. The Morgan fingerprint density at radius 1 is 0.923 bits per heavy atom. The van der Waals surface area contributed by atoms with Gasteiger partial charge in [-0.1, -0.05) is 60.2 Å². The molecular weight excluding hydrogens is 318 g/mol. The number of allylic oxidation sites excluding steroid dienone is 1. The zero-order valence-electron chi connectivity index (χ0n) is 15.1. The molecule has 1 aromatic heterocycles. The molecule has 2 heteroatoms. The molecule has 0 bridgehead atoms. The summed E-state index contributed by atoms with van der Waals surface area (Å²) in [5.74, 6) is 0.0288. The van der Waals surface area contributed by atoms with Gasteiger partial charge in [0, 0.05) is 33.9 Å². The number of nitrogens with zero attached hydrogens (tertiary/aromatic N) is 1. The van der Waals surface area contributed by atoms with Gasteiger partial charge in [0.1, 0.15) is 0 Å². The van der Waals surface area contributed by atoms with Crippen molar-refractivity contribution in [2.45, 2.75) is 20.4 Å². The molecule has 3 aromatic carbocycles. The van der Waals surface area contributed by atoms with Crippen molar-refractivity contribution in [3.63, 3.8) is 0 Å². The number of aryl methyl sites for hydroxylation is 2. The van der Waals surface area contributed by atoms with E-state index in [4.69, 9.17) is 0 Å². The number of hydrogen-bond donors (Lipinski definition) is 0. The zero-order chi connectivity index (χ0) is 18.1. The first-order chi connectivity index (χ1) is 12.7. The fraction of sp³-hybridized carbons (Fsp3) is 0.125. The van der Waals surface area contributed by atoms with E-state index < -0.39 is 0 Å². The van der Waals surface area contributed by atoms with Crippen LogP contribution in [0.25, 0.3) is 27.9 Å². The maximum Gasteiger partial charge on any atom is 0.185 e. The van der Waals surface area contributed by atoms with Gasteiger partial charge < -0.3 is 4.57 Å². The molecule has 0 aliphatic carbocycles. The normalized spacial score (nSPS) is 11.6. The van der Waals surface area contributed by atoms with Crippen LogP contribution in [0.15, 0.2) is 72.8 Å². The molecule has 0 aliphatic heterocycles. The van der Waals surface area contributed by atoms with Gasteiger partial charge in [-0.2, -0.15) is 0 Å². The van der Waals surface area contributed by atoms with Gasteiger partial charge in [0.25, 0.3) is 0 Å². The van der Waals surface area contributed by atoms with Gasteiger partial charge in [-0.15, -0.1) is 0 Å². The van der Waals surface area contributed by atoms with Crippen molar-refractivity contribution in [2.24, 2.45) is 0 Å². The summed E-state index contributed by atoms with van der Waals surface area (Å²) < 4.78 is 2.33. The fourth-order valence-corrected chi connectivity index (χ4v) is 3.50. The van der Waals surface area contributed by atoms with E-state index >= 15 is 0 Å². The van der Waals surface area contributed by atoms with Gasteiger partial charge in [-0.25, -0.2) is 0 Å². The van der Waals surface area contributed by atoms with E-state index in [1.165, 1.54) is 21.8 Å². The summed E-state index contributed by atoms with van der Waals surface area (Å²) in [7, 11) is 0. The summed E-state index contributed by atoms with van der Waals surface area (Å²) in [6, 6.07) is 22.5. The van der Waals surface area contributed by atoms with Gasteiger partial charge >= 0.3 is 0 Å². The van der Waals surface area contributed by atoms with Crippen LogP contribution in [0.2, 0.25) is 0 Å². The Balaban J connectivity index is 1.72. The van der Waals surface area contributed by atoms with E-state index in [1.807, 2.05) is 37.3 Å². The highest BCUT2D eigenvalue weighted by molar-refractivity contribution is 6.10. The molecule has 0 amide bonds. The predicted molar refractivity (Wildman–Crippen MR) is 110 cm³/mol. The maximum atomic E-state index is 12.4. The van der Waals surface area contributed by atoms with Crippen LogP contribution in [0, 0.1) is 6.92 Å². The second-order valence-electron chi connectivity index (χ2n) is 6.60. The summed E-state index contributed by atoms with van der Waals surface area (Å²) in [5.41, 5.74) is 5.40. The van der Waals surface area contributed by atoms with Gasteiger partial charge in [0.15, 0.2) is 5.78 Å². The van der Waals surface area contributed by atoms with Crippen molar-refractivity contribution in [3.8, 4) is 0 Å². The molecule has 0 atom stereocenters. The standard InChI is InChI=1S/C24H21NO/c1-3-25-22-7-5-4-6-20(22)21-16-18(10-14-23(21)25)11-15-24(26)19-12-8-17(2)9-13-19/h4-16H,3H2,1-2H3. The summed E-state index contributed by atoms with van der Waals surface area (Å²) in [4.78, 5) is 12.4. The quantitative estimate of drug-likeness (QED) is 0.329. The second kappa shape index (κ2) is 6.64. The van der Waals surface area contributed by atoms with Crippen LogP contribution in [0.4, 0.5) is 0 Å². The molecule has 1 heterocycles. The molecule has 0 unspecified atom stereocenters. The first kappa shape index (κ1) is 16.3. The first-order valence-electron chi connectivity index (χ1n) is 8.97. The van der Waals surface area contributed by atoms with E-state index in [9.17, 15) is 4.79 Å². The number of para-hydroxylation sites is 1. The van der Waals surface area contributed by atoms with Crippen LogP contribution >= 0.6 is 0 Å². The van der Waals surface area contributed by atoms with Gasteiger partial charge in [-0.05, 0) is 43.7 Å². The second-order valence-corrected chi connectivity index (χ2v) is 6.60. The average molecular weight is 339 g/mol. The smallest absolute Gasteiger partial charge is 0.185 e. The Hall–Kier alpha value is -3.13. The lowest BCUT2D eigenvalue weighted by atomic mass is 10.1. The molecule has 0 spiro atoms. The minimum atomic E-state index is 0.0288. The first-order valence-corrected chi connectivity index (χ1v) is 8.97. The molecule has 26 heavy (non-hydrogen) atoms. The lowest BCUT2D eigenvalue weighted by molar-refractivity contribution is 0.104. The SMILES string of the molecule is CCn1c2ccccc2c2cc(C=CC(=O)c3ccc(C)cc3)ccc21. The average Bonchev–Trinajstić information content (AvgIpc) is 2.99. The largest absolute Gasteiger partial charge is 0.341 e. The number of carbonyl (C=O) groups excluding carboxylic acids is 1. The third-order valence-electron chi connectivity index (χ3n) is 4.88. The Labute approximate surface area is 153 Å². The lowest BCUT2D eigenvalue weighted by Crippen LogP contribution is -1.94. The summed E-state index contributed by atoms with van der Waals surface area (Å²) in [6.07, 6.45) is 3.56. The van der Waals surface area contributed by atoms with Crippen molar-refractivity contribution < 1.29 is 4.79 Å². The van der Waals surface area contributed by atoms with Gasteiger partial charge in [0.2, 0.25) is 0 Å². The molecule has 2 nitrogen and oxygen atoms in total. The van der Waals surface area contributed by atoms with Crippen molar-refractivity contribution in [2.75, 3.05) is 0 Å². The minimum absolute atomic E-state index is 0.0288. The monoisotopic (exact) mass is 339 g/mol. The molecule has 0 radical (unpaired) electrons. The lowest BCUT2D eigenvalue weighted by Gasteiger charge is -2.02. The topological polar surface area (TPSA) is 22.0 Å². The number of fused-ring (bicyclic) bond motifs is 3. The third-order valence-corrected chi connectivity index (χ3v) is 4.88. The highest BCUT2D eigenvalue weighted by atomic mass is 16.1. The maximum absolute atomic E-state index is 12.4. The molecule has 4 rings (SSSR count). The van der Waals surface area contributed by atoms with Crippen LogP contribution in [0.5, 0.6) is 0 Å². The van der Waals surface area contributed by atoms with Crippen molar-refractivity contribution >= 4 is 33.7 Å². The summed E-state index contributed by atoms with van der Waals surface area (Å²) in [6.45, 7) is 5.12. The van der Waals surface area contributed by atoms with Gasteiger partial charge in [0.05, 0.1) is 0 Å². The van der Waals surface area contributed by atoms with Crippen molar-refractivity contribution in [1.82, 2.24) is 4.57 Å². The molecule has 0 N–H and O–H groups in total. The Morgan fingerprint density at radius 2 is 1.65 bits per heavy atom. The van der Waals surface area contributed by atoms with Crippen LogP contribution < -0.4 is 0 Å². The Kier molecular flexibility index (Phi) is 4.18. The van der Waals surface area contributed by atoms with Crippen LogP contribution in [-0.2, 0) is 6.54 Å². The molecule has 0 saturated carbocycles. The number of carbonyl (C=O) groups is 1. The minimum Gasteiger partial charge on any atom is -0.341 e. The zero-order valence-corrected chi connectivity index (χ0v) is 15.1. The van der Waals surface area contributed by atoms with E-state index in [-0.39, 0.29) is 5.78 Å². The fourth-order valence-electron chi connectivity index (χ4n) is 3.50. The Bertz CT molecular complexity index is 1130. The highest BCUT2D eigenvalue weighted by Gasteiger charge is 2.09. The molecular formula is C24H21NO. The number of rotatable bonds is 4. The van der Waals surface area contributed by atoms with Crippen LogP contribution in [0.3, 0.4) is 0 Å². The highest BCUT2D eigenvalue weighted by Crippen LogP contribution is 2.30. The molecule has 4 aromatic rings. The number of ketones is 1. The Morgan fingerprint density at radius 3 is 2.42 bits per heavy atom. The summed E-state index contributed by atoms with van der Waals surface area (Å²) >= 11 is 0. The van der Waals surface area contributed by atoms with Crippen LogP contribution in [0.1, 0.15) is 28.4 Å². The number of hydrogen-bond acceptors (Lipinski definition) is 1. The van der Waals surface area contributed by atoms with Crippen LogP contribution in [-0.4, -0.2) is 10.4 Å². The van der Waals surface area contributed by atoms with E-state index in [1.54, 1.807) is 6.08 Å². The molecule has 128 valence electrons. The van der Waals surface area contributed by atoms with Gasteiger partial charge in [-0.3, -0.25) is 4.79 Å². The van der Waals surface area contributed by atoms with E-state index in [0.717, 1.165) is 23.2 Å². The number of benzene rings is 3. The summed E-state index contributed by atoms with van der Waals surface area (Å²) in [5, 5.41) is 2.48. The predicted octanol–water partition coefficient (Wildman–Crippen LogP) is 6.02.